The third-order valence-electron chi connectivity index (χ3n) is 2.94. The Kier molecular flexibility index (Phi) is 9.04. The molecule has 0 aliphatic heterocycles. The standard InChI is InChI=1S/C15H15NO2S2.K.H/c17-15(16(19)20)18-11-14(12-7-3-1-4-8-12)13-9-5-2-6-10-13;;/h1-10,14,19-20H,11H2;;. The van der Waals surface area contributed by atoms with Gasteiger partial charge in [0.1, 0.15) is 6.61 Å². The number of hydrogen-bond donors (Lipinski definition) is 2. The molecule has 0 atom stereocenters. The maximum atomic E-state index is 11.5. The summed E-state index contributed by atoms with van der Waals surface area (Å²) in [7, 11) is 0. The van der Waals surface area contributed by atoms with Crippen LogP contribution >= 0.6 is 25.6 Å². The van der Waals surface area contributed by atoms with E-state index in [0.717, 1.165) is 14.8 Å². The Labute approximate surface area is 178 Å². The molecule has 0 aromatic heterocycles. The molecular weight excluding hydrogens is 329 g/mol. The van der Waals surface area contributed by atoms with Crippen molar-refractivity contribution >= 4 is 83.1 Å². The molecule has 0 aliphatic rings. The second-order valence-electron chi connectivity index (χ2n) is 4.24. The zero-order valence-corrected chi connectivity index (χ0v) is 12.5. The van der Waals surface area contributed by atoms with E-state index in [1.807, 2.05) is 60.7 Å². The first-order valence-corrected chi connectivity index (χ1v) is 6.93. The molecule has 0 radical (unpaired) electrons. The van der Waals surface area contributed by atoms with E-state index >= 15 is 0 Å². The summed E-state index contributed by atoms with van der Waals surface area (Å²) in [6.45, 7) is 0.241. The van der Waals surface area contributed by atoms with E-state index < -0.39 is 6.09 Å². The van der Waals surface area contributed by atoms with Crippen LogP contribution in [0.1, 0.15) is 17.0 Å². The number of rotatable bonds is 4. The topological polar surface area (TPSA) is 29.5 Å². The van der Waals surface area contributed by atoms with Crippen LogP contribution in [0.2, 0.25) is 0 Å². The summed E-state index contributed by atoms with van der Waals surface area (Å²) < 4.78 is 6.04. The number of benzene rings is 2. The Morgan fingerprint density at radius 3 is 1.76 bits per heavy atom. The average molecular weight is 346 g/mol. The molecule has 0 heterocycles. The van der Waals surface area contributed by atoms with E-state index in [1.165, 1.54) is 0 Å². The van der Waals surface area contributed by atoms with Gasteiger partial charge < -0.3 is 4.74 Å². The van der Waals surface area contributed by atoms with Crippen LogP contribution in [0.3, 0.4) is 0 Å². The molecule has 106 valence electrons. The molecule has 0 N–H and O–H groups in total. The van der Waals surface area contributed by atoms with Crippen molar-refractivity contribution in [1.82, 2.24) is 3.71 Å². The van der Waals surface area contributed by atoms with Gasteiger partial charge in [-0.25, -0.2) is 4.79 Å². The summed E-state index contributed by atoms with van der Waals surface area (Å²) in [6, 6.07) is 19.9. The average Bonchev–Trinajstić information content (AvgIpc) is 2.49. The molecule has 2 rings (SSSR count). The van der Waals surface area contributed by atoms with Gasteiger partial charge in [-0.15, -0.1) is 0 Å². The number of thiol groups is 2. The normalized spacial score (nSPS) is 9.86. The molecule has 3 nitrogen and oxygen atoms in total. The van der Waals surface area contributed by atoms with Crippen LogP contribution < -0.4 is 0 Å². The Hall–Kier alpha value is 0.0464. The van der Waals surface area contributed by atoms with E-state index in [1.54, 1.807) is 0 Å². The molecule has 0 unspecified atom stereocenters. The van der Waals surface area contributed by atoms with E-state index in [-0.39, 0.29) is 63.9 Å². The van der Waals surface area contributed by atoms with Gasteiger partial charge in [0.2, 0.25) is 0 Å². The number of amides is 1. The van der Waals surface area contributed by atoms with Crippen molar-refractivity contribution in [2.75, 3.05) is 6.61 Å². The molecule has 6 heteroatoms. The molecule has 0 fully saturated rings. The van der Waals surface area contributed by atoms with Crippen LogP contribution in [0.5, 0.6) is 0 Å². The van der Waals surface area contributed by atoms with Gasteiger partial charge in [0, 0.05) is 5.92 Å². The first kappa shape index (κ1) is 19.1. The quantitative estimate of drug-likeness (QED) is 0.658. The molecule has 21 heavy (non-hydrogen) atoms. The Bertz CT molecular complexity index is 513. The molecule has 0 bridgehead atoms. The SMILES string of the molecule is O=C(OCC(c1ccccc1)c1ccccc1)N(S)S.[KH]. The van der Waals surface area contributed by atoms with E-state index in [9.17, 15) is 4.79 Å². The minimum absolute atomic E-state index is 0. The first-order valence-electron chi connectivity index (χ1n) is 6.13. The Morgan fingerprint density at radius 2 is 1.38 bits per heavy atom. The fourth-order valence-electron chi connectivity index (χ4n) is 1.97. The molecule has 2 aromatic carbocycles. The fourth-order valence-corrected chi connectivity index (χ4v) is 2.08. The Morgan fingerprint density at radius 1 is 0.952 bits per heavy atom. The van der Waals surface area contributed by atoms with Gasteiger partial charge in [0.05, 0.1) is 0 Å². The van der Waals surface area contributed by atoms with Crippen molar-refractivity contribution in [3.05, 3.63) is 71.8 Å². The molecule has 0 spiro atoms. The molecule has 2 aromatic rings. The first-order chi connectivity index (χ1) is 9.68. The van der Waals surface area contributed by atoms with Crippen molar-refractivity contribution in [3.63, 3.8) is 0 Å². The summed E-state index contributed by atoms with van der Waals surface area (Å²) in [4.78, 5) is 11.5. The monoisotopic (exact) mass is 345 g/mol. The maximum absolute atomic E-state index is 11.5. The summed E-state index contributed by atoms with van der Waals surface area (Å²) in [5, 5.41) is 0. The second-order valence-corrected chi connectivity index (χ2v) is 5.36. The van der Waals surface area contributed by atoms with E-state index in [0.29, 0.717) is 0 Å². The van der Waals surface area contributed by atoms with Crippen molar-refractivity contribution in [3.8, 4) is 0 Å². The van der Waals surface area contributed by atoms with Crippen LogP contribution in [0, 0.1) is 0 Å². The van der Waals surface area contributed by atoms with E-state index in [4.69, 9.17) is 4.74 Å². The summed E-state index contributed by atoms with van der Waals surface area (Å²) in [5.74, 6) is -0.0111. The summed E-state index contributed by atoms with van der Waals surface area (Å²) in [5.41, 5.74) is 2.19. The second kappa shape index (κ2) is 9.94. The van der Waals surface area contributed by atoms with Gasteiger partial charge in [-0.05, 0) is 36.8 Å². The number of carbonyl (C=O) groups is 1. The van der Waals surface area contributed by atoms with E-state index in [2.05, 4.69) is 25.6 Å². The van der Waals surface area contributed by atoms with Crippen molar-refractivity contribution in [1.29, 1.82) is 0 Å². The van der Waals surface area contributed by atoms with Crippen molar-refractivity contribution in [2.24, 2.45) is 0 Å². The minimum atomic E-state index is -0.589. The Balaban J connectivity index is 0.00000220. The van der Waals surface area contributed by atoms with Crippen molar-refractivity contribution < 1.29 is 9.53 Å². The number of carbonyl (C=O) groups excluding carboxylic acids is 1. The molecule has 0 saturated heterocycles. The molecule has 0 saturated carbocycles. The fraction of sp³-hybridized carbons (Fsp3) is 0.133. The van der Waals surface area contributed by atoms with Crippen LogP contribution in [-0.2, 0) is 4.74 Å². The van der Waals surface area contributed by atoms with Gasteiger partial charge in [0.25, 0.3) is 0 Å². The summed E-state index contributed by atoms with van der Waals surface area (Å²) >= 11 is 7.59. The van der Waals surface area contributed by atoms with Gasteiger partial charge in [0.15, 0.2) is 0 Å². The van der Waals surface area contributed by atoms with Crippen LogP contribution in [0.25, 0.3) is 0 Å². The zero-order valence-electron chi connectivity index (χ0n) is 10.7. The van der Waals surface area contributed by atoms with Gasteiger partial charge in [-0.3, -0.25) is 0 Å². The number of ether oxygens (including phenoxy) is 1. The van der Waals surface area contributed by atoms with Crippen LogP contribution in [0.4, 0.5) is 4.79 Å². The molecular formula is C15H16KNO2S2. The zero-order chi connectivity index (χ0) is 14.4. The number of hydrogen-bond acceptors (Lipinski definition) is 4. The third-order valence-corrected chi connectivity index (χ3v) is 3.27. The summed E-state index contributed by atoms with van der Waals surface area (Å²) in [6.07, 6.45) is -0.589. The predicted octanol–water partition coefficient (Wildman–Crippen LogP) is 3.30. The van der Waals surface area contributed by atoms with Gasteiger partial charge >= 0.3 is 57.5 Å². The van der Waals surface area contributed by atoms with Crippen LogP contribution in [-0.4, -0.2) is 67.8 Å². The number of nitrogens with zero attached hydrogens (tertiary/aromatic N) is 1. The third kappa shape index (κ3) is 5.98. The van der Waals surface area contributed by atoms with Gasteiger partial charge in [-0.2, -0.15) is 3.71 Å². The molecule has 1 amide bonds. The van der Waals surface area contributed by atoms with Crippen molar-refractivity contribution in [2.45, 2.75) is 5.92 Å². The molecule has 0 aliphatic carbocycles. The van der Waals surface area contributed by atoms with Crippen LogP contribution in [0.15, 0.2) is 60.7 Å². The van der Waals surface area contributed by atoms with Gasteiger partial charge in [-0.1, -0.05) is 60.7 Å². The predicted molar refractivity (Wildman–Crippen MR) is 93.0 cm³/mol.